The first-order chi connectivity index (χ1) is 9.85. The molecular formula is C13H20N2O5S. The number of aromatic carboxylic acids is 1. The van der Waals surface area contributed by atoms with Crippen molar-refractivity contribution >= 4 is 16.0 Å². The van der Waals surface area contributed by atoms with E-state index in [9.17, 15) is 18.3 Å². The lowest BCUT2D eigenvalue weighted by Gasteiger charge is -2.27. The molecule has 0 bridgehead atoms. The molecule has 1 aliphatic rings. The van der Waals surface area contributed by atoms with Gasteiger partial charge in [0, 0.05) is 18.8 Å². The number of aryl methyl sites for hydroxylation is 1. The van der Waals surface area contributed by atoms with Gasteiger partial charge in [-0.05, 0) is 25.8 Å². The molecule has 1 aliphatic carbocycles. The van der Waals surface area contributed by atoms with Crippen LogP contribution in [0.25, 0.3) is 0 Å². The number of aromatic nitrogens is 1. The van der Waals surface area contributed by atoms with Gasteiger partial charge in [-0.2, -0.15) is 0 Å². The minimum Gasteiger partial charge on any atom is -0.477 e. The first-order valence-electron chi connectivity index (χ1n) is 6.99. The molecule has 3 N–H and O–H groups in total. The fourth-order valence-corrected chi connectivity index (χ4v) is 3.93. The van der Waals surface area contributed by atoms with Gasteiger partial charge < -0.3 is 14.8 Å². The van der Waals surface area contributed by atoms with Crippen molar-refractivity contribution in [1.82, 2.24) is 9.29 Å². The van der Waals surface area contributed by atoms with Gasteiger partial charge in [0.25, 0.3) is 0 Å². The first kappa shape index (κ1) is 16.0. The molecule has 0 saturated heterocycles. The van der Waals surface area contributed by atoms with Crippen LogP contribution >= 0.6 is 0 Å². The Hall–Kier alpha value is -1.38. The summed E-state index contributed by atoms with van der Waals surface area (Å²) in [6.07, 6.45) is 3.52. The fraction of sp³-hybridized carbons (Fsp3) is 0.615. The van der Waals surface area contributed by atoms with Crippen LogP contribution < -0.4 is 4.72 Å². The summed E-state index contributed by atoms with van der Waals surface area (Å²) in [5, 5.41) is 18.9. The number of carboxylic acids is 1. The van der Waals surface area contributed by atoms with Crippen LogP contribution in [0, 0.1) is 0 Å². The second-order valence-electron chi connectivity index (χ2n) is 5.23. The Bertz CT molecular complexity index is 623. The molecule has 118 valence electrons. The van der Waals surface area contributed by atoms with Crippen molar-refractivity contribution in [1.29, 1.82) is 0 Å². The summed E-state index contributed by atoms with van der Waals surface area (Å²) < 4.78 is 28.5. The minimum absolute atomic E-state index is 0.0675. The van der Waals surface area contributed by atoms with E-state index in [1.807, 2.05) is 0 Å². The van der Waals surface area contributed by atoms with E-state index in [-0.39, 0.29) is 10.6 Å². The van der Waals surface area contributed by atoms with Gasteiger partial charge in [0.1, 0.15) is 10.6 Å². The average molecular weight is 316 g/mol. The molecule has 1 saturated carbocycles. The van der Waals surface area contributed by atoms with Crippen molar-refractivity contribution in [3.05, 3.63) is 18.0 Å². The Kier molecular flexibility index (Phi) is 4.70. The zero-order chi connectivity index (χ0) is 15.6. The SMILES string of the molecule is CCn1cc(S(=O)(=O)N[C@H]2CCCC[C@@H]2O)cc1C(=O)O. The zero-order valence-electron chi connectivity index (χ0n) is 11.8. The molecule has 21 heavy (non-hydrogen) atoms. The van der Waals surface area contributed by atoms with Crippen molar-refractivity contribution < 1.29 is 23.4 Å². The summed E-state index contributed by atoms with van der Waals surface area (Å²) in [5.74, 6) is -1.17. The van der Waals surface area contributed by atoms with E-state index < -0.39 is 28.1 Å². The Morgan fingerprint density at radius 3 is 2.62 bits per heavy atom. The largest absolute Gasteiger partial charge is 0.477 e. The first-order valence-corrected chi connectivity index (χ1v) is 8.47. The normalized spacial score (nSPS) is 23.1. The van der Waals surface area contributed by atoms with E-state index in [2.05, 4.69) is 4.72 Å². The van der Waals surface area contributed by atoms with Crippen molar-refractivity contribution in [2.24, 2.45) is 0 Å². The van der Waals surface area contributed by atoms with E-state index in [1.54, 1.807) is 6.92 Å². The molecule has 0 aliphatic heterocycles. The molecule has 8 heteroatoms. The van der Waals surface area contributed by atoms with E-state index in [1.165, 1.54) is 10.8 Å². The van der Waals surface area contributed by atoms with Crippen LogP contribution in [0.4, 0.5) is 0 Å². The molecule has 2 atom stereocenters. The second-order valence-corrected chi connectivity index (χ2v) is 6.95. The molecule has 0 aromatic carbocycles. The molecule has 1 fully saturated rings. The molecule has 1 aromatic heterocycles. The maximum absolute atomic E-state index is 12.3. The van der Waals surface area contributed by atoms with Crippen LogP contribution in [0.15, 0.2) is 17.2 Å². The molecule has 0 spiro atoms. The third-order valence-electron chi connectivity index (χ3n) is 3.78. The topological polar surface area (TPSA) is 109 Å². The highest BCUT2D eigenvalue weighted by Gasteiger charge is 2.29. The monoisotopic (exact) mass is 316 g/mol. The predicted molar refractivity (Wildman–Crippen MR) is 75.6 cm³/mol. The van der Waals surface area contributed by atoms with E-state index in [0.29, 0.717) is 19.4 Å². The van der Waals surface area contributed by atoms with E-state index in [4.69, 9.17) is 5.11 Å². The molecule has 0 radical (unpaired) electrons. The van der Waals surface area contributed by atoms with Crippen LogP contribution in [0.3, 0.4) is 0 Å². The van der Waals surface area contributed by atoms with Gasteiger partial charge in [0.05, 0.1) is 6.10 Å². The quantitative estimate of drug-likeness (QED) is 0.744. The number of carbonyl (C=O) groups is 1. The molecule has 0 unspecified atom stereocenters. The number of rotatable bonds is 5. The summed E-state index contributed by atoms with van der Waals surface area (Å²) in [7, 11) is -3.83. The summed E-state index contributed by atoms with van der Waals surface area (Å²) in [5.41, 5.74) is -0.0675. The highest BCUT2D eigenvalue weighted by Crippen LogP contribution is 2.21. The molecule has 0 amide bonds. The highest BCUT2D eigenvalue weighted by molar-refractivity contribution is 7.89. The Morgan fingerprint density at radius 2 is 2.10 bits per heavy atom. The third-order valence-corrected chi connectivity index (χ3v) is 5.23. The van der Waals surface area contributed by atoms with Crippen LogP contribution in [0.5, 0.6) is 0 Å². The Morgan fingerprint density at radius 1 is 1.43 bits per heavy atom. The average Bonchev–Trinajstić information content (AvgIpc) is 2.86. The lowest BCUT2D eigenvalue weighted by atomic mass is 9.93. The van der Waals surface area contributed by atoms with Crippen LogP contribution in [-0.4, -0.2) is 41.3 Å². The molecule has 1 aromatic rings. The molecule has 2 rings (SSSR count). The molecular weight excluding hydrogens is 296 g/mol. The maximum Gasteiger partial charge on any atom is 0.352 e. The lowest BCUT2D eigenvalue weighted by molar-refractivity contribution is 0.0685. The van der Waals surface area contributed by atoms with Crippen molar-refractivity contribution in [3.63, 3.8) is 0 Å². The number of nitrogens with zero attached hydrogens (tertiary/aromatic N) is 1. The summed E-state index contributed by atoms with van der Waals surface area (Å²) in [6, 6.07) is 0.630. The number of nitrogens with one attached hydrogen (secondary N) is 1. The Labute approximate surface area is 123 Å². The fourth-order valence-electron chi connectivity index (χ4n) is 2.59. The molecule has 1 heterocycles. The smallest absolute Gasteiger partial charge is 0.352 e. The lowest BCUT2D eigenvalue weighted by Crippen LogP contribution is -2.44. The van der Waals surface area contributed by atoms with Crippen molar-refractivity contribution in [2.75, 3.05) is 0 Å². The van der Waals surface area contributed by atoms with Gasteiger partial charge in [-0.15, -0.1) is 0 Å². The van der Waals surface area contributed by atoms with Crippen LogP contribution in [-0.2, 0) is 16.6 Å². The van der Waals surface area contributed by atoms with Crippen molar-refractivity contribution in [3.8, 4) is 0 Å². The standard InChI is InChI=1S/C13H20N2O5S/c1-2-15-8-9(7-11(15)13(17)18)21(19,20)14-10-5-3-4-6-12(10)16/h7-8,10,12,14,16H,2-6H2,1H3,(H,17,18)/t10-,12-/m0/s1. The summed E-state index contributed by atoms with van der Waals surface area (Å²) in [4.78, 5) is 11.0. The minimum atomic E-state index is -3.83. The van der Waals surface area contributed by atoms with Gasteiger partial charge in [-0.1, -0.05) is 12.8 Å². The van der Waals surface area contributed by atoms with Crippen LogP contribution in [0.1, 0.15) is 43.1 Å². The Balaban J connectivity index is 2.25. The summed E-state index contributed by atoms with van der Waals surface area (Å²) in [6.45, 7) is 2.10. The van der Waals surface area contributed by atoms with Gasteiger partial charge in [0.15, 0.2) is 0 Å². The highest BCUT2D eigenvalue weighted by atomic mass is 32.2. The number of hydrogen-bond donors (Lipinski definition) is 3. The number of aliphatic hydroxyl groups excluding tert-OH is 1. The molecule has 7 nitrogen and oxygen atoms in total. The predicted octanol–water partition coefficient (Wildman–Crippen LogP) is 0.788. The number of aliphatic hydroxyl groups is 1. The second kappa shape index (κ2) is 6.17. The van der Waals surface area contributed by atoms with Crippen molar-refractivity contribution in [2.45, 2.75) is 56.2 Å². The van der Waals surface area contributed by atoms with Gasteiger partial charge in [-0.3, -0.25) is 0 Å². The maximum atomic E-state index is 12.3. The van der Waals surface area contributed by atoms with E-state index >= 15 is 0 Å². The van der Waals surface area contributed by atoms with Gasteiger partial charge in [0.2, 0.25) is 10.0 Å². The zero-order valence-corrected chi connectivity index (χ0v) is 12.6. The van der Waals surface area contributed by atoms with Crippen LogP contribution in [0.2, 0.25) is 0 Å². The van der Waals surface area contributed by atoms with Gasteiger partial charge >= 0.3 is 5.97 Å². The number of sulfonamides is 1. The third kappa shape index (κ3) is 3.45. The van der Waals surface area contributed by atoms with Gasteiger partial charge in [-0.25, -0.2) is 17.9 Å². The summed E-state index contributed by atoms with van der Waals surface area (Å²) >= 11 is 0. The number of carboxylic acid groups (broad SMARTS) is 1. The number of hydrogen-bond acceptors (Lipinski definition) is 4. The van der Waals surface area contributed by atoms with E-state index in [0.717, 1.165) is 18.9 Å².